The summed E-state index contributed by atoms with van der Waals surface area (Å²) >= 11 is 2.68. The van der Waals surface area contributed by atoms with Crippen LogP contribution in [0.5, 0.6) is 5.75 Å². The third-order valence-electron chi connectivity index (χ3n) is 5.21. The molecule has 0 radical (unpaired) electrons. The van der Waals surface area contributed by atoms with E-state index < -0.39 is 5.97 Å². The molecule has 0 bridgehead atoms. The van der Waals surface area contributed by atoms with Crippen LogP contribution >= 0.6 is 23.1 Å². The molecule has 1 N–H and O–H groups in total. The number of esters is 1. The Morgan fingerprint density at radius 3 is 2.44 bits per heavy atom. The van der Waals surface area contributed by atoms with E-state index in [9.17, 15) is 9.59 Å². The molecule has 2 heterocycles. The fraction of sp³-hybridized carbons (Fsp3) is 0.417. The van der Waals surface area contributed by atoms with Gasteiger partial charge in [-0.2, -0.15) is 0 Å². The molecule has 3 rings (SSSR count). The third kappa shape index (κ3) is 5.98. The first-order valence-corrected chi connectivity index (χ1v) is 12.8. The van der Waals surface area contributed by atoms with Crippen molar-refractivity contribution in [3.05, 3.63) is 51.2 Å². The highest BCUT2D eigenvalue weighted by molar-refractivity contribution is 7.99. The summed E-state index contributed by atoms with van der Waals surface area (Å²) < 4.78 is 12.8. The number of thiophene rings is 1. The van der Waals surface area contributed by atoms with E-state index in [0.717, 1.165) is 27.3 Å². The van der Waals surface area contributed by atoms with Gasteiger partial charge in [0.15, 0.2) is 11.0 Å². The zero-order valence-electron chi connectivity index (χ0n) is 20.4. The molecule has 0 unspecified atom stereocenters. The van der Waals surface area contributed by atoms with Crippen LogP contribution in [0.15, 0.2) is 23.4 Å². The summed E-state index contributed by atoms with van der Waals surface area (Å²) in [4.78, 5) is 25.9. The third-order valence-corrected chi connectivity index (χ3v) is 7.24. The van der Waals surface area contributed by atoms with Gasteiger partial charge < -0.3 is 19.4 Å². The number of rotatable bonds is 10. The first kappa shape index (κ1) is 25.8. The van der Waals surface area contributed by atoms with Crippen molar-refractivity contribution in [2.24, 2.45) is 0 Å². The van der Waals surface area contributed by atoms with Crippen LogP contribution in [-0.4, -0.2) is 39.5 Å². The summed E-state index contributed by atoms with van der Waals surface area (Å²) in [5, 5.41) is 12.5. The number of hydrogen-bond acceptors (Lipinski definition) is 8. The largest absolute Gasteiger partial charge is 0.486 e. The molecule has 1 aromatic carbocycles. The van der Waals surface area contributed by atoms with Crippen molar-refractivity contribution in [3.8, 4) is 5.75 Å². The van der Waals surface area contributed by atoms with Crippen molar-refractivity contribution in [2.45, 2.75) is 59.3 Å². The van der Waals surface area contributed by atoms with Crippen molar-refractivity contribution in [3.63, 3.8) is 0 Å². The average molecular weight is 503 g/mol. The van der Waals surface area contributed by atoms with Crippen molar-refractivity contribution in [2.75, 3.05) is 18.2 Å². The second kappa shape index (κ2) is 11.5. The minimum absolute atomic E-state index is 0.134. The summed E-state index contributed by atoms with van der Waals surface area (Å²) in [5.74, 6) is 0.950. The van der Waals surface area contributed by atoms with Crippen LogP contribution in [0.2, 0.25) is 0 Å². The van der Waals surface area contributed by atoms with Crippen LogP contribution in [0, 0.1) is 20.8 Å². The highest BCUT2D eigenvalue weighted by atomic mass is 32.2. The van der Waals surface area contributed by atoms with Gasteiger partial charge in [-0.3, -0.25) is 4.79 Å². The standard InChI is InChI=1S/C24H30N4O4S2/c1-7-18-16(5)34-22(21(18)23(30)31-6)25-20(29)13-33-24-27-26-19(28(24)8-2)12-32-17-10-14(3)9-15(4)11-17/h9-11H,7-8,12-13H2,1-6H3,(H,25,29). The number of nitrogens with zero attached hydrogens (tertiary/aromatic N) is 3. The van der Waals surface area contributed by atoms with E-state index in [2.05, 4.69) is 21.6 Å². The lowest BCUT2D eigenvalue weighted by molar-refractivity contribution is -0.113. The molecule has 3 aromatic rings. The van der Waals surface area contributed by atoms with Gasteiger partial charge in [-0.05, 0) is 62.9 Å². The van der Waals surface area contributed by atoms with E-state index in [1.54, 1.807) is 0 Å². The summed E-state index contributed by atoms with van der Waals surface area (Å²) in [6, 6.07) is 6.06. The van der Waals surface area contributed by atoms with E-state index in [0.29, 0.717) is 34.5 Å². The lowest BCUT2D eigenvalue weighted by atomic mass is 10.1. The summed E-state index contributed by atoms with van der Waals surface area (Å²) in [5.41, 5.74) is 3.61. The van der Waals surface area contributed by atoms with E-state index >= 15 is 0 Å². The van der Waals surface area contributed by atoms with Gasteiger partial charge in [0, 0.05) is 11.4 Å². The van der Waals surface area contributed by atoms with Gasteiger partial charge in [-0.15, -0.1) is 21.5 Å². The normalized spacial score (nSPS) is 10.9. The SMILES string of the molecule is CCc1c(C)sc(NC(=O)CSc2nnc(COc3cc(C)cc(C)c3)n2CC)c1C(=O)OC. The summed E-state index contributed by atoms with van der Waals surface area (Å²) in [6.07, 6.45) is 0.684. The second-order valence-corrected chi connectivity index (χ2v) is 9.95. The Morgan fingerprint density at radius 2 is 1.82 bits per heavy atom. The number of carbonyl (C=O) groups is 2. The molecule has 34 heavy (non-hydrogen) atoms. The molecule has 0 aliphatic rings. The quantitative estimate of drug-likeness (QED) is 0.310. The topological polar surface area (TPSA) is 95.3 Å². The lowest BCUT2D eigenvalue weighted by Gasteiger charge is -2.10. The molecule has 0 saturated heterocycles. The van der Waals surface area contributed by atoms with Crippen molar-refractivity contribution in [1.82, 2.24) is 14.8 Å². The van der Waals surface area contributed by atoms with Crippen molar-refractivity contribution < 1.29 is 19.1 Å². The number of anilines is 1. The minimum Gasteiger partial charge on any atom is -0.486 e. The predicted octanol–water partition coefficient (Wildman–Crippen LogP) is 4.94. The average Bonchev–Trinajstić information content (AvgIpc) is 3.34. The van der Waals surface area contributed by atoms with Gasteiger partial charge in [0.25, 0.3) is 0 Å². The highest BCUT2D eigenvalue weighted by Gasteiger charge is 2.23. The number of benzene rings is 1. The van der Waals surface area contributed by atoms with E-state index in [4.69, 9.17) is 9.47 Å². The maximum absolute atomic E-state index is 12.7. The van der Waals surface area contributed by atoms with Crippen LogP contribution < -0.4 is 10.1 Å². The number of aryl methyl sites for hydroxylation is 3. The molecule has 1 amide bonds. The Bertz CT molecular complexity index is 1170. The fourth-order valence-electron chi connectivity index (χ4n) is 3.72. The highest BCUT2D eigenvalue weighted by Crippen LogP contribution is 2.34. The molecule has 2 aromatic heterocycles. The Hall–Kier alpha value is -2.85. The van der Waals surface area contributed by atoms with Crippen molar-refractivity contribution >= 4 is 40.0 Å². The molecule has 0 fully saturated rings. The van der Waals surface area contributed by atoms with Crippen molar-refractivity contribution in [1.29, 1.82) is 0 Å². The molecule has 0 aliphatic carbocycles. The molecule has 10 heteroatoms. The van der Waals surface area contributed by atoms with Crippen LogP contribution in [0.3, 0.4) is 0 Å². The van der Waals surface area contributed by atoms with Crippen LogP contribution in [0.4, 0.5) is 5.00 Å². The maximum Gasteiger partial charge on any atom is 0.341 e. The second-order valence-electron chi connectivity index (χ2n) is 7.78. The first-order valence-electron chi connectivity index (χ1n) is 11.0. The lowest BCUT2D eigenvalue weighted by Crippen LogP contribution is -2.17. The number of thioether (sulfide) groups is 1. The summed E-state index contributed by atoms with van der Waals surface area (Å²) in [7, 11) is 1.34. The maximum atomic E-state index is 12.7. The van der Waals surface area contributed by atoms with Gasteiger partial charge in [0.05, 0.1) is 18.4 Å². The number of amides is 1. The number of methoxy groups -OCH3 is 1. The summed E-state index contributed by atoms with van der Waals surface area (Å²) in [6.45, 7) is 10.9. The zero-order valence-corrected chi connectivity index (χ0v) is 22.0. The number of ether oxygens (including phenoxy) is 2. The van der Waals surface area contributed by atoms with Gasteiger partial charge >= 0.3 is 5.97 Å². The smallest absolute Gasteiger partial charge is 0.341 e. The van der Waals surface area contributed by atoms with Gasteiger partial charge in [-0.1, -0.05) is 24.8 Å². The monoisotopic (exact) mass is 502 g/mol. The van der Waals surface area contributed by atoms with E-state index in [1.807, 2.05) is 51.3 Å². The predicted molar refractivity (Wildman–Crippen MR) is 135 cm³/mol. The molecular weight excluding hydrogens is 472 g/mol. The van der Waals surface area contributed by atoms with Crippen LogP contribution in [0.25, 0.3) is 0 Å². The Kier molecular flexibility index (Phi) is 8.73. The van der Waals surface area contributed by atoms with E-state index in [-0.39, 0.29) is 18.3 Å². The number of nitrogens with one attached hydrogen (secondary N) is 1. The molecule has 0 aliphatic heterocycles. The Morgan fingerprint density at radius 1 is 1.12 bits per heavy atom. The van der Waals surface area contributed by atoms with Gasteiger partial charge in [0.2, 0.25) is 5.91 Å². The minimum atomic E-state index is -0.441. The molecule has 0 saturated carbocycles. The number of hydrogen-bond donors (Lipinski definition) is 1. The molecule has 0 atom stereocenters. The fourth-order valence-corrected chi connectivity index (χ4v) is 5.69. The molecule has 0 spiro atoms. The van der Waals surface area contributed by atoms with Gasteiger partial charge in [0.1, 0.15) is 17.4 Å². The van der Waals surface area contributed by atoms with Gasteiger partial charge in [-0.25, -0.2) is 4.79 Å². The Balaban J connectivity index is 1.65. The van der Waals surface area contributed by atoms with Crippen LogP contribution in [-0.2, 0) is 29.1 Å². The van der Waals surface area contributed by atoms with E-state index in [1.165, 1.54) is 30.2 Å². The number of aromatic nitrogens is 3. The van der Waals surface area contributed by atoms with Crippen LogP contribution in [0.1, 0.15) is 51.6 Å². The molecular formula is C24H30N4O4S2. The molecule has 8 nitrogen and oxygen atoms in total. The Labute approximate surface area is 208 Å². The first-order chi connectivity index (χ1) is 16.3. The zero-order chi connectivity index (χ0) is 24.8. The molecule has 182 valence electrons. The number of carbonyl (C=O) groups excluding carboxylic acids is 2.